The Morgan fingerprint density at radius 1 is 1.16 bits per heavy atom. The molecule has 0 spiro atoms. The van der Waals surface area contributed by atoms with E-state index in [1.807, 2.05) is 0 Å². The van der Waals surface area contributed by atoms with Crippen LogP contribution < -0.4 is 5.32 Å². The van der Waals surface area contributed by atoms with Crippen molar-refractivity contribution >= 4 is 21.6 Å². The summed E-state index contributed by atoms with van der Waals surface area (Å²) in [4.78, 5) is 23.8. The summed E-state index contributed by atoms with van der Waals surface area (Å²) in [6, 6.07) is 12.5. The first-order valence-electron chi connectivity index (χ1n) is 10.1. The molecule has 2 aromatic carbocycles. The molecule has 0 aromatic heterocycles. The summed E-state index contributed by atoms with van der Waals surface area (Å²) >= 11 is 0. The molecule has 0 fully saturated rings. The molecule has 0 radical (unpaired) electrons. The number of amides is 1. The van der Waals surface area contributed by atoms with Crippen LogP contribution >= 0.6 is 0 Å². The van der Waals surface area contributed by atoms with Crippen LogP contribution in [0.15, 0.2) is 53.4 Å². The Hall–Kier alpha value is -2.94. The van der Waals surface area contributed by atoms with Gasteiger partial charge in [-0.25, -0.2) is 13.2 Å². The van der Waals surface area contributed by atoms with Gasteiger partial charge in [-0.3, -0.25) is 10.1 Å². The average molecular weight is 447 g/mol. The maximum absolute atomic E-state index is 13.6. The number of nitro benzene ring substituents is 1. The molecule has 0 heterocycles. The minimum atomic E-state index is -4.07. The second-order valence-electron chi connectivity index (χ2n) is 8.53. The van der Waals surface area contributed by atoms with Crippen molar-refractivity contribution < 1.29 is 22.9 Å². The van der Waals surface area contributed by atoms with E-state index in [0.29, 0.717) is 24.8 Å². The number of alkyl carbamates (subject to hydrolysis) is 1. The van der Waals surface area contributed by atoms with Crippen LogP contribution in [0.1, 0.15) is 50.7 Å². The lowest BCUT2D eigenvalue weighted by atomic mass is 9.81. The average Bonchev–Trinajstić information content (AvgIpc) is 2.70. The molecule has 166 valence electrons. The molecule has 2 unspecified atom stereocenters. The Morgan fingerprint density at radius 2 is 1.84 bits per heavy atom. The fraction of sp³-hybridized carbons (Fsp3) is 0.409. The van der Waals surface area contributed by atoms with Crippen LogP contribution in [-0.2, 0) is 21.0 Å². The van der Waals surface area contributed by atoms with Gasteiger partial charge in [0.15, 0.2) is 9.84 Å². The molecular weight excluding hydrogens is 420 g/mol. The monoisotopic (exact) mass is 446 g/mol. The molecule has 8 nitrogen and oxygen atoms in total. The number of carbonyl (C=O) groups excluding carboxylic acids is 1. The van der Waals surface area contributed by atoms with Crippen molar-refractivity contribution in [1.29, 1.82) is 0 Å². The smallest absolute Gasteiger partial charge is 0.408 e. The van der Waals surface area contributed by atoms with Gasteiger partial charge in [-0.05, 0) is 57.7 Å². The van der Waals surface area contributed by atoms with Gasteiger partial charge in [-0.1, -0.05) is 30.3 Å². The van der Waals surface area contributed by atoms with Crippen molar-refractivity contribution in [1.82, 2.24) is 5.32 Å². The summed E-state index contributed by atoms with van der Waals surface area (Å²) in [6.07, 6.45) is 0.751. The number of aryl methyl sites for hydroxylation is 1. The topological polar surface area (TPSA) is 116 Å². The first-order valence-corrected chi connectivity index (χ1v) is 11.6. The minimum absolute atomic E-state index is 0.0294. The molecule has 1 amide bonds. The summed E-state index contributed by atoms with van der Waals surface area (Å²) in [7, 11) is -4.07. The van der Waals surface area contributed by atoms with E-state index < -0.39 is 37.7 Å². The SMILES string of the molecule is CC(C)(C)OC(=O)NC(C1CCCc2cccc([N+](=O)[O-])c21)S(=O)(=O)c1ccccc1. The fourth-order valence-corrected chi connectivity index (χ4v) is 5.72. The van der Waals surface area contributed by atoms with Crippen molar-refractivity contribution in [3.63, 3.8) is 0 Å². The van der Waals surface area contributed by atoms with E-state index >= 15 is 0 Å². The number of hydrogen-bond donors (Lipinski definition) is 1. The first-order chi connectivity index (χ1) is 14.5. The largest absolute Gasteiger partial charge is 0.444 e. The van der Waals surface area contributed by atoms with Gasteiger partial charge in [0.25, 0.3) is 5.69 Å². The molecule has 0 saturated heterocycles. The normalized spacial score (nSPS) is 17.3. The van der Waals surface area contributed by atoms with Crippen LogP contribution in [0.3, 0.4) is 0 Å². The standard InChI is InChI=1S/C22H26N2O6S/c1-22(2,3)30-21(25)23-20(31(28,29)16-11-5-4-6-12-16)17-13-7-9-15-10-8-14-18(19(15)17)24(26)27/h4-6,8,10-12,14,17,20H,7,9,13H2,1-3H3,(H,23,25). The Kier molecular flexibility index (Phi) is 6.35. The summed E-state index contributed by atoms with van der Waals surface area (Å²) in [5.74, 6) is -0.789. The molecule has 1 aliphatic rings. The summed E-state index contributed by atoms with van der Waals surface area (Å²) in [6.45, 7) is 5.02. The molecule has 1 aliphatic carbocycles. The number of benzene rings is 2. The second-order valence-corrected chi connectivity index (χ2v) is 10.6. The van der Waals surface area contributed by atoms with Crippen LogP contribution in [0, 0.1) is 10.1 Å². The molecule has 9 heteroatoms. The number of rotatable bonds is 5. The van der Waals surface area contributed by atoms with Gasteiger partial charge in [0.05, 0.1) is 9.82 Å². The molecule has 31 heavy (non-hydrogen) atoms. The van der Waals surface area contributed by atoms with Gasteiger partial charge in [-0.15, -0.1) is 0 Å². The van der Waals surface area contributed by atoms with Gasteiger partial charge in [0.1, 0.15) is 11.0 Å². The maximum Gasteiger partial charge on any atom is 0.408 e. The van der Waals surface area contributed by atoms with E-state index in [4.69, 9.17) is 4.74 Å². The Labute approximate surface area is 181 Å². The number of nitrogens with one attached hydrogen (secondary N) is 1. The predicted octanol–water partition coefficient (Wildman–Crippen LogP) is 4.34. The lowest BCUT2D eigenvalue weighted by Crippen LogP contribution is -2.47. The van der Waals surface area contributed by atoms with Crippen molar-refractivity contribution in [2.45, 2.75) is 61.8 Å². The molecule has 0 aliphatic heterocycles. The fourth-order valence-electron chi connectivity index (χ4n) is 3.94. The third-order valence-corrected chi connectivity index (χ3v) is 7.18. The van der Waals surface area contributed by atoms with Gasteiger partial charge in [0.2, 0.25) is 0 Å². The van der Waals surface area contributed by atoms with Gasteiger partial charge < -0.3 is 10.1 Å². The molecular formula is C22H26N2O6S. The number of hydrogen-bond acceptors (Lipinski definition) is 6. The molecule has 0 saturated carbocycles. The first kappa shape index (κ1) is 22.7. The van der Waals surface area contributed by atoms with E-state index in [2.05, 4.69) is 5.32 Å². The molecule has 0 bridgehead atoms. The maximum atomic E-state index is 13.6. The number of nitro groups is 1. The number of ether oxygens (including phenoxy) is 1. The van der Waals surface area contributed by atoms with E-state index in [1.165, 1.54) is 18.2 Å². The van der Waals surface area contributed by atoms with Gasteiger partial charge in [-0.2, -0.15) is 0 Å². The lowest BCUT2D eigenvalue weighted by Gasteiger charge is -2.32. The van der Waals surface area contributed by atoms with Gasteiger partial charge >= 0.3 is 6.09 Å². The zero-order chi connectivity index (χ0) is 22.8. The highest BCUT2D eigenvalue weighted by Crippen LogP contribution is 2.42. The minimum Gasteiger partial charge on any atom is -0.444 e. The molecule has 3 rings (SSSR count). The lowest BCUT2D eigenvalue weighted by molar-refractivity contribution is -0.385. The van der Waals surface area contributed by atoms with Crippen molar-refractivity contribution in [2.75, 3.05) is 0 Å². The molecule has 1 N–H and O–H groups in total. The third kappa shape index (κ3) is 5.04. The van der Waals surface area contributed by atoms with E-state index in [0.717, 1.165) is 5.56 Å². The highest BCUT2D eigenvalue weighted by atomic mass is 32.2. The Bertz CT molecular complexity index is 1080. The number of fused-ring (bicyclic) bond motifs is 1. The summed E-state index contributed by atoms with van der Waals surface area (Å²) in [5.41, 5.74) is 0.118. The van der Waals surface area contributed by atoms with Crippen LogP contribution in [0.4, 0.5) is 10.5 Å². The predicted molar refractivity (Wildman–Crippen MR) is 116 cm³/mol. The summed E-state index contributed by atoms with van der Waals surface area (Å²) in [5, 5.41) is 12.8. The summed E-state index contributed by atoms with van der Waals surface area (Å²) < 4.78 is 32.5. The van der Waals surface area contributed by atoms with Crippen LogP contribution in [-0.4, -0.2) is 30.4 Å². The number of carbonyl (C=O) groups is 1. The van der Waals surface area contributed by atoms with Crippen molar-refractivity contribution in [3.05, 3.63) is 69.8 Å². The Balaban J connectivity index is 2.13. The van der Waals surface area contributed by atoms with E-state index in [9.17, 15) is 23.3 Å². The highest BCUT2D eigenvalue weighted by Gasteiger charge is 2.42. The van der Waals surface area contributed by atoms with E-state index in [1.54, 1.807) is 51.1 Å². The van der Waals surface area contributed by atoms with Crippen molar-refractivity contribution in [2.24, 2.45) is 0 Å². The molecule has 2 aromatic rings. The zero-order valence-corrected chi connectivity index (χ0v) is 18.5. The molecule has 2 atom stereocenters. The van der Waals surface area contributed by atoms with Crippen LogP contribution in [0.5, 0.6) is 0 Å². The zero-order valence-electron chi connectivity index (χ0n) is 17.7. The number of sulfone groups is 1. The van der Waals surface area contributed by atoms with Crippen LogP contribution in [0.2, 0.25) is 0 Å². The van der Waals surface area contributed by atoms with Gasteiger partial charge in [0, 0.05) is 17.5 Å². The Morgan fingerprint density at radius 3 is 2.45 bits per heavy atom. The van der Waals surface area contributed by atoms with Crippen molar-refractivity contribution in [3.8, 4) is 0 Å². The number of nitrogens with zero attached hydrogens (tertiary/aromatic N) is 1. The quantitative estimate of drug-likeness (QED) is 0.540. The third-order valence-electron chi connectivity index (χ3n) is 5.13. The van der Waals surface area contributed by atoms with E-state index in [-0.39, 0.29) is 10.6 Å². The highest BCUT2D eigenvalue weighted by molar-refractivity contribution is 7.92. The second kappa shape index (κ2) is 8.66. The van der Waals surface area contributed by atoms with Crippen LogP contribution in [0.25, 0.3) is 0 Å².